The van der Waals surface area contributed by atoms with Crippen LogP contribution in [-0.4, -0.2) is 72.5 Å². The number of aromatic nitrogens is 3. The van der Waals surface area contributed by atoms with Gasteiger partial charge in [-0.2, -0.15) is 23.0 Å². The minimum Gasteiger partial charge on any atom is -0.461 e. The number of benzene rings is 2. The van der Waals surface area contributed by atoms with Crippen molar-refractivity contribution < 1.29 is 45.4 Å². The lowest BCUT2D eigenvalue weighted by molar-refractivity contribution is -0.207. The molecule has 0 aliphatic rings. The Hall–Kier alpha value is -5.03. The van der Waals surface area contributed by atoms with E-state index in [1.165, 1.54) is 45.2 Å². The first-order valence-corrected chi connectivity index (χ1v) is 16.0. The molecular formula is C31H33F3N6O7S. The molecule has 17 heteroatoms. The molecule has 1 amide bonds. The lowest BCUT2D eigenvalue weighted by Gasteiger charge is -2.29. The normalized spacial score (nSPS) is 13.7. The fourth-order valence-electron chi connectivity index (χ4n) is 4.91. The van der Waals surface area contributed by atoms with Crippen LogP contribution in [0.25, 0.3) is 10.9 Å². The van der Waals surface area contributed by atoms with E-state index in [4.69, 9.17) is 4.74 Å². The molecule has 48 heavy (non-hydrogen) atoms. The molecule has 0 aliphatic heterocycles. The summed E-state index contributed by atoms with van der Waals surface area (Å²) in [5, 5.41) is 12.0. The van der Waals surface area contributed by atoms with Crippen molar-refractivity contribution in [3.63, 3.8) is 0 Å². The summed E-state index contributed by atoms with van der Waals surface area (Å²) in [6.45, 7) is 6.43. The molecule has 2 heterocycles. The smallest absolute Gasteiger partial charge is 0.461 e. The first-order chi connectivity index (χ1) is 22.5. The molecule has 0 spiro atoms. The summed E-state index contributed by atoms with van der Waals surface area (Å²) >= 11 is 0. The quantitative estimate of drug-likeness (QED) is 0.119. The number of pyridine rings is 1. The van der Waals surface area contributed by atoms with Crippen LogP contribution in [0, 0.1) is 20.8 Å². The Kier molecular flexibility index (Phi) is 11.1. The van der Waals surface area contributed by atoms with Crippen LogP contribution in [0.2, 0.25) is 0 Å². The number of H-pyrrole nitrogens is 1. The van der Waals surface area contributed by atoms with Crippen LogP contribution in [-0.2, 0) is 29.1 Å². The highest BCUT2D eigenvalue weighted by Gasteiger charge is 2.46. The second-order valence-corrected chi connectivity index (χ2v) is 12.6. The lowest BCUT2D eigenvalue weighted by atomic mass is 10.1. The molecule has 1 unspecified atom stereocenters. The zero-order valence-corrected chi connectivity index (χ0v) is 27.0. The fraction of sp³-hybridized carbons (Fsp3) is 0.323. The number of esters is 2. The maximum atomic E-state index is 13.8. The third-order valence-corrected chi connectivity index (χ3v) is 8.74. The average Bonchev–Trinajstić information content (AvgIpc) is 3.47. The molecule has 4 rings (SSSR count). The number of sulfonamides is 1. The van der Waals surface area contributed by atoms with Gasteiger partial charge in [0.15, 0.2) is 6.04 Å². The van der Waals surface area contributed by atoms with Crippen LogP contribution in [0.15, 0.2) is 65.8 Å². The van der Waals surface area contributed by atoms with E-state index >= 15 is 0 Å². The summed E-state index contributed by atoms with van der Waals surface area (Å²) < 4.78 is 79.9. The number of alkyl halides is 3. The first-order valence-electron chi connectivity index (χ1n) is 14.5. The van der Waals surface area contributed by atoms with E-state index in [1.54, 1.807) is 43.5 Å². The van der Waals surface area contributed by atoms with Gasteiger partial charge in [0.05, 0.1) is 16.6 Å². The Labute approximate surface area is 273 Å². The Bertz CT molecular complexity index is 1880. The molecule has 0 saturated carbocycles. The van der Waals surface area contributed by atoms with Gasteiger partial charge in [0.2, 0.25) is 16.3 Å². The number of hydrogen-bond donors (Lipinski definition) is 4. The number of halogens is 3. The van der Waals surface area contributed by atoms with Gasteiger partial charge >= 0.3 is 18.1 Å². The van der Waals surface area contributed by atoms with Crippen LogP contribution < -0.4 is 15.4 Å². The van der Waals surface area contributed by atoms with Crippen molar-refractivity contribution in [2.75, 3.05) is 11.9 Å². The topological polar surface area (TPSA) is 181 Å². The average molecular weight is 691 g/mol. The lowest BCUT2D eigenvalue weighted by Crippen LogP contribution is -2.59. The Balaban J connectivity index is 1.68. The van der Waals surface area contributed by atoms with Crippen molar-refractivity contribution in [1.82, 2.24) is 25.2 Å². The second-order valence-electron chi connectivity index (χ2n) is 11.0. The summed E-state index contributed by atoms with van der Waals surface area (Å²) in [6.07, 6.45) is -5.91. The molecule has 256 valence electrons. The van der Waals surface area contributed by atoms with Crippen molar-refractivity contribution in [3.8, 4) is 0 Å². The van der Waals surface area contributed by atoms with Crippen LogP contribution in [0.4, 0.5) is 19.0 Å². The Morgan fingerprint density at radius 3 is 2.35 bits per heavy atom. The van der Waals surface area contributed by atoms with E-state index in [0.29, 0.717) is 16.7 Å². The van der Waals surface area contributed by atoms with E-state index in [0.717, 1.165) is 5.56 Å². The zero-order valence-electron chi connectivity index (χ0n) is 26.2. The van der Waals surface area contributed by atoms with Gasteiger partial charge in [0.1, 0.15) is 11.9 Å². The predicted octanol–water partition coefficient (Wildman–Crippen LogP) is 3.83. The highest BCUT2D eigenvalue weighted by Crippen LogP contribution is 2.24. The second kappa shape index (κ2) is 14.8. The number of carbonyl (C=O) groups excluding carboxylic acids is 3. The maximum absolute atomic E-state index is 13.8. The van der Waals surface area contributed by atoms with E-state index < -0.39 is 52.4 Å². The molecule has 13 nitrogen and oxygen atoms in total. The molecule has 4 N–H and O–H groups in total. The van der Waals surface area contributed by atoms with E-state index in [1.807, 2.05) is 4.72 Å². The zero-order chi connectivity index (χ0) is 35.2. The molecular weight excluding hydrogens is 657 g/mol. The minimum atomic E-state index is -5.57. The summed E-state index contributed by atoms with van der Waals surface area (Å²) in [5.74, 6) is -4.77. The van der Waals surface area contributed by atoms with Gasteiger partial charge in [-0.15, -0.1) is 0 Å². The molecule has 0 aliphatic carbocycles. The van der Waals surface area contributed by atoms with Gasteiger partial charge in [-0.05, 0) is 69.2 Å². The number of aryl methyl sites for hydroxylation is 3. The van der Waals surface area contributed by atoms with Crippen molar-refractivity contribution in [3.05, 3.63) is 83.2 Å². The third kappa shape index (κ3) is 9.07. The molecule has 0 radical (unpaired) electrons. The van der Waals surface area contributed by atoms with Crippen LogP contribution in [0.5, 0.6) is 0 Å². The maximum Gasteiger partial charge on any atom is 0.491 e. The number of carbonyl (C=O) groups is 3. The molecule has 2 aromatic heterocycles. The molecule has 3 atom stereocenters. The summed E-state index contributed by atoms with van der Waals surface area (Å²) in [5.41, 5.74) is 1.68. The Morgan fingerprint density at radius 1 is 1.00 bits per heavy atom. The van der Waals surface area contributed by atoms with Gasteiger partial charge in [-0.3, -0.25) is 14.7 Å². The summed E-state index contributed by atoms with van der Waals surface area (Å²) in [7, 11) is -4.72. The summed E-state index contributed by atoms with van der Waals surface area (Å²) in [6, 6.07) is 10.0. The predicted molar refractivity (Wildman–Crippen MR) is 167 cm³/mol. The van der Waals surface area contributed by atoms with Gasteiger partial charge in [0, 0.05) is 30.1 Å². The van der Waals surface area contributed by atoms with Crippen LogP contribution in [0.3, 0.4) is 0 Å². The number of aromatic amines is 1. The van der Waals surface area contributed by atoms with Gasteiger partial charge in [-0.25, -0.2) is 18.2 Å². The number of nitrogens with one attached hydrogen (secondary N) is 4. The number of nitrogens with zero attached hydrogens (tertiary/aromatic N) is 2. The molecule has 4 aromatic rings. The molecule has 0 bridgehead atoms. The van der Waals surface area contributed by atoms with Crippen molar-refractivity contribution in [2.24, 2.45) is 0 Å². The van der Waals surface area contributed by atoms with E-state index in [-0.39, 0.29) is 34.6 Å². The van der Waals surface area contributed by atoms with Crippen molar-refractivity contribution in [2.45, 2.75) is 63.6 Å². The summed E-state index contributed by atoms with van der Waals surface area (Å²) in [4.78, 5) is 42.9. The largest absolute Gasteiger partial charge is 0.491 e. The third-order valence-electron chi connectivity index (χ3n) is 6.99. The van der Waals surface area contributed by atoms with Gasteiger partial charge in [-0.1, -0.05) is 23.8 Å². The minimum absolute atomic E-state index is 0.119. The number of hydrogen-bond acceptors (Lipinski definition) is 10. The highest BCUT2D eigenvalue weighted by atomic mass is 32.2. The van der Waals surface area contributed by atoms with E-state index in [9.17, 15) is 36.0 Å². The molecule has 0 fully saturated rings. The van der Waals surface area contributed by atoms with Gasteiger partial charge < -0.3 is 20.1 Å². The molecule has 2 aromatic carbocycles. The standard InChI is InChI=1S/C31H33F3N6O7S/c1-17-13-18(2)26(19(3)14-17)48(44,45)40-25(29(42)46-20(4)10-12-36-24-7-5-6-11-35-24)28(47-30(43)31(32,33)34)38-27(41)21-8-9-23-22(15-21)16-37-39-23/h5-9,11,13-16,20,25,28,40H,10,12H2,1-4H3,(H,35,36)(H,37,39)(H,38,41)/t20-,25-,28?/m0/s1. The number of anilines is 1. The van der Waals surface area contributed by atoms with Crippen molar-refractivity contribution >= 4 is 44.6 Å². The van der Waals surface area contributed by atoms with Crippen molar-refractivity contribution in [1.29, 1.82) is 0 Å². The Morgan fingerprint density at radius 2 is 1.71 bits per heavy atom. The molecule has 0 saturated heterocycles. The van der Waals surface area contributed by atoms with Crippen LogP contribution in [0.1, 0.15) is 40.4 Å². The monoisotopic (exact) mass is 690 g/mol. The number of amides is 1. The number of ether oxygens (including phenoxy) is 2. The van der Waals surface area contributed by atoms with Crippen LogP contribution >= 0.6 is 0 Å². The number of fused-ring (bicyclic) bond motifs is 1. The van der Waals surface area contributed by atoms with E-state index in [2.05, 4.69) is 30.6 Å². The fourth-order valence-corrected chi connectivity index (χ4v) is 6.55. The van der Waals surface area contributed by atoms with Gasteiger partial charge in [0.25, 0.3) is 5.91 Å². The number of rotatable bonds is 13. The highest BCUT2D eigenvalue weighted by molar-refractivity contribution is 7.89. The first kappa shape index (κ1) is 35.8. The SMILES string of the molecule is Cc1cc(C)c(S(=O)(=O)N[C@H](C(=O)O[C@@H](C)CCNc2ccccn2)C(NC(=O)c2ccc3[nH]ncc3c2)OC(=O)C(F)(F)F)c(C)c1.